The second kappa shape index (κ2) is 21.9. The number of carbonyl (C=O) groups excluding carboxylic acids is 4. The lowest BCUT2D eigenvalue weighted by molar-refractivity contribution is -0.154. The minimum atomic E-state index is -1.07. The van der Waals surface area contributed by atoms with Crippen LogP contribution in [0.15, 0.2) is 0 Å². The van der Waals surface area contributed by atoms with Gasteiger partial charge in [-0.05, 0) is 26.7 Å². The topological polar surface area (TPSA) is 133 Å². The summed E-state index contributed by atoms with van der Waals surface area (Å²) in [5, 5.41) is 0. The number of ether oxygens (including phenoxy) is 7. The maximum atomic E-state index is 11.7. The average molecular weight is 507 g/mol. The number of esters is 2. The van der Waals surface area contributed by atoms with Crippen molar-refractivity contribution >= 4 is 24.2 Å². The zero-order valence-corrected chi connectivity index (χ0v) is 21.5. The Hall–Kier alpha value is -2.56. The fourth-order valence-electron chi connectivity index (χ4n) is 2.56. The van der Waals surface area contributed by atoms with Crippen molar-refractivity contribution in [3.05, 3.63) is 0 Å². The van der Waals surface area contributed by atoms with E-state index in [0.717, 1.165) is 51.4 Å². The highest BCUT2D eigenvalue weighted by atomic mass is 16.7. The highest BCUT2D eigenvalue weighted by molar-refractivity contribution is 5.77. The van der Waals surface area contributed by atoms with Crippen molar-refractivity contribution in [3.63, 3.8) is 0 Å². The first-order chi connectivity index (χ1) is 16.8. The summed E-state index contributed by atoms with van der Waals surface area (Å²) in [5.74, 6) is -1.26. The molecule has 0 aromatic carbocycles. The average Bonchev–Trinajstić information content (AvgIpc) is 2.82. The Bertz CT molecular complexity index is 544. The molecule has 0 fully saturated rings. The van der Waals surface area contributed by atoms with Gasteiger partial charge in [0.2, 0.25) is 0 Å². The van der Waals surface area contributed by atoms with E-state index in [1.54, 1.807) is 0 Å². The number of unbranched alkanes of at least 4 members (excludes halogenated alkanes) is 6. The molecule has 0 N–H and O–H groups in total. The summed E-state index contributed by atoms with van der Waals surface area (Å²) in [7, 11) is 0. The number of carbonyl (C=O) groups is 4. The van der Waals surface area contributed by atoms with Crippen LogP contribution in [0.25, 0.3) is 0 Å². The van der Waals surface area contributed by atoms with Gasteiger partial charge in [0.25, 0.3) is 0 Å². The molecule has 0 saturated heterocycles. The number of rotatable bonds is 20. The maximum absolute atomic E-state index is 11.7. The Morgan fingerprint density at radius 1 is 0.514 bits per heavy atom. The quantitative estimate of drug-likeness (QED) is 0.133. The maximum Gasteiger partial charge on any atom is 0.509 e. The van der Waals surface area contributed by atoms with Crippen molar-refractivity contribution in [1.29, 1.82) is 0 Å². The van der Waals surface area contributed by atoms with Gasteiger partial charge in [-0.25, -0.2) is 19.2 Å². The van der Waals surface area contributed by atoms with Crippen LogP contribution in [0.5, 0.6) is 0 Å². The molecule has 11 heteroatoms. The van der Waals surface area contributed by atoms with Crippen LogP contribution in [0.3, 0.4) is 0 Å². The van der Waals surface area contributed by atoms with E-state index in [4.69, 9.17) is 33.2 Å². The Kier molecular flexibility index (Phi) is 20.3. The third kappa shape index (κ3) is 19.4. The molecule has 0 aromatic heterocycles. The Morgan fingerprint density at radius 3 is 1.29 bits per heavy atom. The predicted molar refractivity (Wildman–Crippen MR) is 125 cm³/mol. The largest absolute Gasteiger partial charge is 0.509 e. The molecule has 35 heavy (non-hydrogen) atoms. The molecule has 0 aliphatic carbocycles. The minimum Gasteiger partial charge on any atom is -0.463 e. The lowest BCUT2D eigenvalue weighted by Gasteiger charge is -2.13. The molecular formula is C24H42O11. The molecule has 0 rings (SSSR count). The fourth-order valence-corrected chi connectivity index (χ4v) is 2.56. The monoisotopic (exact) mass is 506 g/mol. The number of hydrogen-bond donors (Lipinski definition) is 0. The van der Waals surface area contributed by atoms with E-state index < -0.39 is 36.5 Å². The van der Waals surface area contributed by atoms with Crippen LogP contribution < -0.4 is 0 Å². The highest BCUT2D eigenvalue weighted by Crippen LogP contribution is 2.04. The smallest absolute Gasteiger partial charge is 0.463 e. The molecule has 0 radical (unpaired) electrons. The molecule has 0 aliphatic rings. The van der Waals surface area contributed by atoms with Crippen molar-refractivity contribution in [2.75, 3.05) is 39.6 Å². The van der Waals surface area contributed by atoms with Crippen LogP contribution in [-0.2, 0) is 42.7 Å². The van der Waals surface area contributed by atoms with Crippen LogP contribution in [0, 0.1) is 0 Å². The van der Waals surface area contributed by atoms with Gasteiger partial charge in [-0.1, -0.05) is 52.4 Å². The van der Waals surface area contributed by atoms with Gasteiger partial charge in [-0.2, -0.15) is 0 Å². The minimum absolute atomic E-state index is 0.0184. The normalized spacial score (nSPS) is 12.2. The van der Waals surface area contributed by atoms with Gasteiger partial charge in [0.05, 0.1) is 26.4 Å². The molecule has 0 spiro atoms. The van der Waals surface area contributed by atoms with Crippen molar-refractivity contribution in [3.8, 4) is 0 Å². The zero-order valence-electron chi connectivity index (χ0n) is 21.5. The third-order valence-corrected chi connectivity index (χ3v) is 4.59. The lowest BCUT2D eigenvalue weighted by atomic mass is 10.2. The summed E-state index contributed by atoms with van der Waals surface area (Å²) < 4.78 is 34.5. The fraction of sp³-hybridized carbons (Fsp3) is 0.833. The molecule has 2 atom stereocenters. The van der Waals surface area contributed by atoms with E-state index in [9.17, 15) is 19.2 Å². The van der Waals surface area contributed by atoms with E-state index in [1.165, 1.54) is 13.8 Å². The first-order valence-electron chi connectivity index (χ1n) is 12.4. The summed E-state index contributed by atoms with van der Waals surface area (Å²) in [4.78, 5) is 46.7. The second-order valence-electron chi connectivity index (χ2n) is 7.79. The molecule has 11 nitrogen and oxygen atoms in total. The van der Waals surface area contributed by atoms with Gasteiger partial charge in [0.15, 0.2) is 12.2 Å². The molecule has 0 aliphatic heterocycles. The Balaban J connectivity index is 3.73. The van der Waals surface area contributed by atoms with E-state index in [0.29, 0.717) is 0 Å². The van der Waals surface area contributed by atoms with Crippen LogP contribution >= 0.6 is 0 Å². The van der Waals surface area contributed by atoms with E-state index in [1.807, 2.05) is 0 Å². The van der Waals surface area contributed by atoms with Gasteiger partial charge in [-0.3, -0.25) is 0 Å². The standard InChI is InChI=1S/C24H42O11/c1-5-7-9-11-13-30-21(25)19(3)34-23(27)32-17-15-29-16-18-33-24(28)35-20(4)22(26)31-14-12-10-8-6-2/h19-20H,5-18H2,1-4H3. The highest BCUT2D eigenvalue weighted by Gasteiger charge is 2.21. The summed E-state index contributed by atoms with van der Waals surface area (Å²) >= 11 is 0. The molecular weight excluding hydrogens is 464 g/mol. The number of hydrogen-bond acceptors (Lipinski definition) is 11. The molecule has 0 bridgehead atoms. The van der Waals surface area contributed by atoms with Crippen LogP contribution in [-0.4, -0.2) is 76.1 Å². The Labute approximate surface area is 208 Å². The molecule has 2 unspecified atom stereocenters. The third-order valence-electron chi connectivity index (χ3n) is 4.59. The predicted octanol–water partition coefficient (Wildman–Crippen LogP) is 4.33. The van der Waals surface area contributed by atoms with Crippen LogP contribution in [0.4, 0.5) is 9.59 Å². The van der Waals surface area contributed by atoms with Gasteiger partial charge >= 0.3 is 24.2 Å². The summed E-state index contributed by atoms with van der Waals surface area (Å²) in [6.07, 6.45) is 3.60. The van der Waals surface area contributed by atoms with Gasteiger partial charge in [0, 0.05) is 0 Å². The first kappa shape index (κ1) is 32.4. The van der Waals surface area contributed by atoms with Gasteiger partial charge in [-0.15, -0.1) is 0 Å². The van der Waals surface area contributed by atoms with Crippen LogP contribution in [0.2, 0.25) is 0 Å². The Morgan fingerprint density at radius 2 is 0.914 bits per heavy atom. The summed E-state index contributed by atoms with van der Waals surface area (Å²) in [6, 6.07) is 0. The van der Waals surface area contributed by atoms with E-state index >= 15 is 0 Å². The van der Waals surface area contributed by atoms with Crippen molar-refractivity contribution in [1.82, 2.24) is 0 Å². The molecule has 0 saturated carbocycles. The molecule has 0 aromatic rings. The summed E-state index contributed by atoms with van der Waals surface area (Å²) in [5.41, 5.74) is 0. The van der Waals surface area contributed by atoms with Gasteiger partial charge in [0.1, 0.15) is 13.2 Å². The van der Waals surface area contributed by atoms with Crippen molar-refractivity contribution in [2.24, 2.45) is 0 Å². The second-order valence-corrected chi connectivity index (χ2v) is 7.79. The van der Waals surface area contributed by atoms with Gasteiger partial charge < -0.3 is 33.2 Å². The van der Waals surface area contributed by atoms with Crippen molar-refractivity contribution in [2.45, 2.75) is 91.3 Å². The SMILES string of the molecule is CCCCCCOC(=O)C(C)OC(=O)OCCOCCOC(=O)OC(C)C(=O)OCCCCCC. The van der Waals surface area contributed by atoms with E-state index in [-0.39, 0.29) is 39.6 Å². The van der Waals surface area contributed by atoms with E-state index in [2.05, 4.69) is 13.8 Å². The molecule has 0 heterocycles. The lowest BCUT2D eigenvalue weighted by Crippen LogP contribution is -2.28. The molecule has 204 valence electrons. The van der Waals surface area contributed by atoms with Crippen LogP contribution in [0.1, 0.15) is 79.1 Å². The summed E-state index contributed by atoms with van der Waals surface area (Å²) in [6.45, 7) is 7.33. The molecule has 0 amide bonds. The first-order valence-corrected chi connectivity index (χ1v) is 12.4. The zero-order chi connectivity index (χ0) is 26.3. The van der Waals surface area contributed by atoms with Crippen molar-refractivity contribution < 1.29 is 52.3 Å².